The van der Waals surface area contributed by atoms with E-state index in [0.29, 0.717) is 11.4 Å². The molecule has 0 amide bonds. The van der Waals surface area contributed by atoms with Crippen LogP contribution in [-0.2, 0) is 5.75 Å². The minimum Gasteiger partial charge on any atom is -0.478 e. The van der Waals surface area contributed by atoms with E-state index in [1.165, 1.54) is 38.2 Å². The molecular formula is C12H16N2O2S. The van der Waals surface area contributed by atoms with E-state index < -0.39 is 5.97 Å². The maximum Gasteiger partial charge on any atom is 0.339 e. The Kier molecular flexibility index (Phi) is 4.36. The number of carbonyl (C=O) groups is 1. The van der Waals surface area contributed by atoms with Crippen molar-refractivity contribution in [3.63, 3.8) is 0 Å². The molecule has 17 heavy (non-hydrogen) atoms. The van der Waals surface area contributed by atoms with Gasteiger partial charge in [-0.2, -0.15) is 11.8 Å². The lowest BCUT2D eigenvalue weighted by molar-refractivity contribution is 0.0695. The molecule has 1 aromatic rings. The van der Waals surface area contributed by atoms with Crippen molar-refractivity contribution in [3.05, 3.63) is 23.8 Å². The van der Waals surface area contributed by atoms with Crippen molar-refractivity contribution in [3.8, 4) is 0 Å². The molecule has 0 aromatic carbocycles. The number of hydrogen-bond acceptors (Lipinski definition) is 4. The van der Waals surface area contributed by atoms with Gasteiger partial charge in [-0.3, -0.25) is 0 Å². The molecule has 1 saturated carbocycles. The summed E-state index contributed by atoms with van der Waals surface area (Å²) >= 11 is 1.78. The predicted octanol–water partition coefficient (Wildman–Crippen LogP) is 2.60. The number of thioether (sulfide) groups is 1. The third-order valence-electron chi connectivity index (χ3n) is 3.09. The van der Waals surface area contributed by atoms with Crippen molar-refractivity contribution >= 4 is 17.7 Å². The van der Waals surface area contributed by atoms with E-state index in [4.69, 9.17) is 5.11 Å². The Hall–Kier alpha value is -1.10. The molecule has 0 unspecified atom stereocenters. The maximum absolute atomic E-state index is 11.0. The molecule has 1 aromatic heterocycles. The van der Waals surface area contributed by atoms with E-state index in [1.807, 2.05) is 0 Å². The molecule has 0 saturated heterocycles. The van der Waals surface area contributed by atoms with Crippen molar-refractivity contribution in [1.29, 1.82) is 0 Å². The zero-order chi connectivity index (χ0) is 12.1. The van der Waals surface area contributed by atoms with E-state index in [2.05, 4.69) is 9.97 Å². The minimum absolute atomic E-state index is 0.228. The summed E-state index contributed by atoms with van der Waals surface area (Å²) in [5.74, 6) is 1.65. The van der Waals surface area contributed by atoms with Crippen LogP contribution in [-0.4, -0.2) is 26.8 Å². The van der Waals surface area contributed by atoms with Crippen LogP contribution in [0.2, 0.25) is 0 Å². The third kappa shape index (κ3) is 3.43. The minimum atomic E-state index is -0.943. The molecule has 1 N–H and O–H groups in total. The Bertz CT molecular complexity index is 392. The Morgan fingerprint density at radius 2 is 2.24 bits per heavy atom. The van der Waals surface area contributed by atoms with E-state index in [9.17, 15) is 4.79 Å². The highest BCUT2D eigenvalue weighted by Crippen LogP contribution is 2.29. The first-order chi connectivity index (χ1) is 8.27. The number of hydrogen-bond donors (Lipinski definition) is 1. The maximum atomic E-state index is 11.0. The first-order valence-electron chi connectivity index (χ1n) is 5.87. The number of rotatable bonds is 5. The molecule has 5 heteroatoms. The Labute approximate surface area is 105 Å². The fourth-order valence-electron chi connectivity index (χ4n) is 2.15. The van der Waals surface area contributed by atoms with Crippen molar-refractivity contribution in [1.82, 2.24) is 9.97 Å². The smallest absolute Gasteiger partial charge is 0.339 e. The lowest BCUT2D eigenvalue weighted by Gasteiger charge is -2.08. The first-order valence-corrected chi connectivity index (χ1v) is 7.02. The van der Waals surface area contributed by atoms with Crippen molar-refractivity contribution in [2.75, 3.05) is 5.75 Å². The molecule has 1 heterocycles. The van der Waals surface area contributed by atoms with Gasteiger partial charge in [0, 0.05) is 11.9 Å². The average Bonchev–Trinajstić information content (AvgIpc) is 2.82. The number of carboxylic acid groups (broad SMARTS) is 1. The molecule has 0 spiro atoms. The third-order valence-corrected chi connectivity index (χ3v) is 4.28. The average molecular weight is 252 g/mol. The molecule has 2 rings (SSSR count). The van der Waals surface area contributed by atoms with Gasteiger partial charge in [0.05, 0.1) is 5.69 Å². The highest BCUT2D eigenvalue weighted by Gasteiger charge is 2.16. The second-order valence-corrected chi connectivity index (χ2v) is 5.38. The zero-order valence-corrected chi connectivity index (χ0v) is 10.4. The largest absolute Gasteiger partial charge is 0.478 e. The van der Waals surface area contributed by atoms with Gasteiger partial charge in [-0.05, 0) is 24.5 Å². The number of carboxylic acids is 1. The van der Waals surface area contributed by atoms with Gasteiger partial charge in [0.25, 0.3) is 0 Å². The van der Waals surface area contributed by atoms with Gasteiger partial charge in [0.15, 0.2) is 0 Å². The van der Waals surface area contributed by atoms with Crippen molar-refractivity contribution in [2.24, 2.45) is 5.92 Å². The lowest BCUT2D eigenvalue weighted by Crippen LogP contribution is -2.05. The van der Waals surface area contributed by atoms with E-state index in [-0.39, 0.29) is 5.56 Å². The summed E-state index contributed by atoms with van der Waals surface area (Å²) in [4.78, 5) is 18.8. The summed E-state index contributed by atoms with van der Waals surface area (Å²) in [7, 11) is 0. The quantitative estimate of drug-likeness (QED) is 0.872. The van der Waals surface area contributed by atoms with Crippen LogP contribution in [0.1, 0.15) is 41.7 Å². The zero-order valence-electron chi connectivity index (χ0n) is 9.63. The second kappa shape index (κ2) is 6.00. The molecule has 92 valence electrons. The van der Waals surface area contributed by atoms with Crippen LogP contribution < -0.4 is 0 Å². The number of nitrogens with zero attached hydrogens (tertiary/aromatic N) is 2. The van der Waals surface area contributed by atoms with Gasteiger partial charge in [-0.15, -0.1) is 0 Å². The SMILES string of the molecule is O=C(O)c1cncnc1CSCC1CCCC1. The van der Waals surface area contributed by atoms with Crippen LogP contribution >= 0.6 is 11.8 Å². The molecule has 1 aliphatic carbocycles. The monoisotopic (exact) mass is 252 g/mol. The lowest BCUT2D eigenvalue weighted by atomic mass is 10.1. The standard InChI is InChI=1S/C12H16N2O2S/c15-12(16)10-5-13-8-14-11(10)7-17-6-9-3-1-2-4-9/h5,8-9H,1-4,6-7H2,(H,15,16). The Morgan fingerprint density at radius 3 is 2.94 bits per heavy atom. The summed E-state index contributed by atoms with van der Waals surface area (Å²) < 4.78 is 0. The molecule has 1 fully saturated rings. The Morgan fingerprint density at radius 1 is 1.47 bits per heavy atom. The molecule has 0 atom stereocenters. The van der Waals surface area contributed by atoms with Crippen LogP contribution in [0.4, 0.5) is 0 Å². The molecule has 1 aliphatic rings. The van der Waals surface area contributed by atoms with Crippen molar-refractivity contribution < 1.29 is 9.90 Å². The van der Waals surface area contributed by atoms with E-state index >= 15 is 0 Å². The molecule has 0 aliphatic heterocycles. The van der Waals surface area contributed by atoms with Crippen LogP contribution in [0.5, 0.6) is 0 Å². The van der Waals surface area contributed by atoms with Gasteiger partial charge in [0.1, 0.15) is 11.9 Å². The van der Waals surface area contributed by atoms with Crippen LogP contribution in [0.3, 0.4) is 0 Å². The summed E-state index contributed by atoms with van der Waals surface area (Å²) in [5, 5.41) is 8.99. The van der Waals surface area contributed by atoms with Gasteiger partial charge in [-0.1, -0.05) is 12.8 Å². The summed E-state index contributed by atoms with van der Waals surface area (Å²) in [6.07, 6.45) is 8.13. The Balaban J connectivity index is 1.87. The number of aromatic nitrogens is 2. The van der Waals surface area contributed by atoms with Crippen LogP contribution in [0.15, 0.2) is 12.5 Å². The van der Waals surface area contributed by atoms with Crippen LogP contribution in [0.25, 0.3) is 0 Å². The summed E-state index contributed by atoms with van der Waals surface area (Å²) in [6.45, 7) is 0. The van der Waals surface area contributed by atoms with Gasteiger partial charge in [0.2, 0.25) is 0 Å². The molecule has 0 bridgehead atoms. The van der Waals surface area contributed by atoms with Gasteiger partial charge >= 0.3 is 5.97 Å². The van der Waals surface area contributed by atoms with Crippen LogP contribution in [0, 0.1) is 5.92 Å². The topological polar surface area (TPSA) is 63.1 Å². The molecule has 4 nitrogen and oxygen atoms in total. The van der Waals surface area contributed by atoms with E-state index in [0.717, 1.165) is 11.7 Å². The fraction of sp³-hybridized carbons (Fsp3) is 0.583. The highest BCUT2D eigenvalue weighted by molar-refractivity contribution is 7.98. The molecule has 0 radical (unpaired) electrons. The second-order valence-electron chi connectivity index (χ2n) is 4.35. The fourth-order valence-corrected chi connectivity index (χ4v) is 3.36. The molecular weight excluding hydrogens is 236 g/mol. The predicted molar refractivity (Wildman–Crippen MR) is 67.1 cm³/mol. The van der Waals surface area contributed by atoms with Gasteiger partial charge in [-0.25, -0.2) is 14.8 Å². The van der Waals surface area contributed by atoms with Gasteiger partial charge < -0.3 is 5.11 Å². The van der Waals surface area contributed by atoms with Crippen molar-refractivity contribution in [2.45, 2.75) is 31.4 Å². The normalized spacial score (nSPS) is 16.2. The van der Waals surface area contributed by atoms with E-state index in [1.54, 1.807) is 11.8 Å². The summed E-state index contributed by atoms with van der Waals surface area (Å²) in [5.41, 5.74) is 0.863. The first kappa shape index (κ1) is 12.4. The number of aromatic carboxylic acids is 1. The highest BCUT2D eigenvalue weighted by atomic mass is 32.2. The summed E-state index contributed by atoms with van der Waals surface area (Å²) in [6, 6.07) is 0.